The lowest BCUT2D eigenvalue weighted by molar-refractivity contribution is -0.136. The number of nitrogens with zero attached hydrogens (tertiary/aromatic N) is 2. The van der Waals surface area contributed by atoms with Crippen molar-refractivity contribution in [1.29, 1.82) is 0 Å². The van der Waals surface area contributed by atoms with Crippen LogP contribution in [0.25, 0.3) is 6.08 Å². The normalized spacial score (nSPS) is 13.9. The molecule has 0 spiro atoms. The summed E-state index contributed by atoms with van der Waals surface area (Å²) in [6.07, 6.45) is 3.19. The van der Waals surface area contributed by atoms with Crippen molar-refractivity contribution in [3.05, 3.63) is 114 Å². The first kappa shape index (κ1) is 34.0. The van der Waals surface area contributed by atoms with Gasteiger partial charge in [-0.15, -0.1) is 0 Å². The van der Waals surface area contributed by atoms with Crippen LogP contribution in [-0.4, -0.2) is 50.5 Å². The zero-order valence-electron chi connectivity index (χ0n) is 27.3. The summed E-state index contributed by atoms with van der Waals surface area (Å²) >= 11 is 1.20. The Morgan fingerprint density at radius 2 is 1.54 bits per heavy atom. The number of ether oxygens (including phenoxy) is 6. The van der Waals surface area contributed by atoms with E-state index in [1.807, 2.05) is 19.9 Å². The Balaban J connectivity index is 1.46. The number of hydrogen-bond acceptors (Lipinski definition) is 11. The molecule has 0 fully saturated rings. The molecule has 1 aliphatic heterocycles. The van der Waals surface area contributed by atoms with Crippen LogP contribution in [0.3, 0.4) is 0 Å². The molecule has 0 unspecified atom stereocenters. The first-order chi connectivity index (χ1) is 23.3. The summed E-state index contributed by atoms with van der Waals surface area (Å²) in [5, 5.41) is 0. The standard InChI is InChI=1S/C36H36N2O9S/c1-6-44-28-16-14-25(19-30(28)45-7-2)32-26(35(41)43-5)20-37-36-38(32)33(39)31(48-36)18-23-11-15-27(29(17-23)42-4)47-21-22-9-12-24(13-10-22)34(40)46-8-3/h9-20,32H,6-8,21H2,1-5H3/b31-18+/t32-/m0/s1. The molecule has 12 heteroatoms. The molecule has 1 atom stereocenters. The highest BCUT2D eigenvalue weighted by Gasteiger charge is 2.31. The van der Waals surface area contributed by atoms with E-state index in [-0.39, 0.29) is 23.7 Å². The minimum Gasteiger partial charge on any atom is -0.493 e. The van der Waals surface area contributed by atoms with Crippen LogP contribution >= 0.6 is 11.3 Å². The molecule has 4 aromatic rings. The lowest BCUT2D eigenvalue weighted by Crippen LogP contribution is -2.39. The maximum absolute atomic E-state index is 14.0. The molecule has 11 nitrogen and oxygen atoms in total. The fourth-order valence-electron chi connectivity index (χ4n) is 5.14. The van der Waals surface area contributed by atoms with E-state index in [9.17, 15) is 14.4 Å². The molecular weight excluding hydrogens is 636 g/mol. The van der Waals surface area contributed by atoms with E-state index in [4.69, 9.17) is 28.4 Å². The molecule has 48 heavy (non-hydrogen) atoms. The summed E-state index contributed by atoms with van der Waals surface area (Å²) in [6, 6.07) is 16.9. The van der Waals surface area contributed by atoms with Gasteiger partial charge in [-0.2, -0.15) is 0 Å². The maximum atomic E-state index is 14.0. The van der Waals surface area contributed by atoms with Crippen LogP contribution < -0.4 is 33.8 Å². The lowest BCUT2D eigenvalue weighted by atomic mass is 9.97. The van der Waals surface area contributed by atoms with Crippen molar-refractivity contribution in [1.82, 2.24) is 4.57 Å². The van der Waals surface area contributed by atoms with E-state index in [0.717, 1.165) is 5.56 Å². The van der Waals surface area contributed by atoms with Gasteiger partial charge in [-0.25, -0.2) is 14.6 Å². The van der Waals surface area contributed by atoms with Gasteiger partial charge in [-0.3, -0.25) is 9.36 Å². The molecule has 0 radical (unpaired) electrons. The first-order valence-electron chi connectivity index (χ1n) is 15.4. The van der Waals surface area contributed by atoms with Crippen molar-refractivity contribution in [2.75, 3.05) is 34.0 Å². The van der Waals surface area contributed by atoms with E-state index >= 15 is 0 Å². The second-order valence-electron chi connectivity index (χ2n) is 10.4. The Morgan fingerprint density at radius 3 is 2.23 bits per heavy atom. The van der Waals surface area contributed by atoms with Gasteiger partial charge in [0.15, 0.2) is 27.8 Å². The van der Waals surface area contributed by atoms with Gasteiger partial charge in [0.1, 0.15) is 6.61 Å². The Labute approximate surface area is 281 Å². The molecule has 0 N–H and O–H groups in total. The number of esters is 2. The number of aromatic nitrogens is 1. The maximum Gasteiger partial charge on any atom is 0.338 e. The third kappa shape index (κ3) is 7.28. The van der Waals surface area contributed by atoms with Crippen molar-refractivity contribution < 1.29 is 38.0 Å². The van der Waals surface area contributed by atoms with Crippen molar-refractivity contribution in [3.63, 3.8) is 0 Å². The van der Waals surface area contributed by atoms with Crippen LogP contribution in [-0.2, 0) is 20.9 Å². The number of methoxy groups -OCH3 is 2. The molecule has 0 aliphatic carbocycles. The highest BCUT2D eigenvalue weighted by molar-refractivity contribution is 7.07. The summed E-state index contributed by atoms with van der Waals surface area (Å²) in [5.41, 5.74) is 2.55. The van der Waals surface area contributed by atoms with Gasteiger partial charge in [-0.1, -0.05) is 35.6 Å². The topological polar surface area (TPSA) is 124 Å². The Morgan fingerprint density at radius 1 is 0.833 bits per heavy atom. The third-order valence-electron chi connectivity index (χ3n) is 7.35. The minimum atomic E-state index is -0.803. The fourth-order valence-corrected chi connectivity index (χ4v) is 6.11. The van der Waals surface area contributed by atoms with Crippen molar-refractivity contribution >= 4 is 29.4 Å². The Bertz CT molecular complexity index is 2010. The molecule has 5 rings (SSSR count). The van der Waals surface area contributed by atoms with Crippen LogP contribution in [0.2, 0.25) is 0 Å². The average Bonchev–Trinajstić information content (AvgIpc) is 3.42. The Hall–Kier alpha value is -5.36. The summed E-state index contributed by atoms with van der Waals surface area (Å²) in [4.78, 5) is 43.7. The second-order valence-corrected chi connectivity index (χ2v) is 11.4. The Kier molecular flexibility index (Phi) is 11.0. The quantitative estimate of drug-likeness (QED) is 0.188. The number of hydrogen-bond donors (Lipinski definition) is 0. The zero-order chi connectivity index (χ0) is 34.2. The van der Waals surface area contributed by atoms with E-state index < -0.39 is 12.0 Å². The van der Waals surface area contributed by atoms with E-state index in [1.54, 1.807) is 67.6 Å². The van der Waals surface area contributed by atoms with Gasteiger partial charge in [0.25, 0.3) is 5.56 Å². The first-order valence-corrected chi connectivity index (χ1v) is 16.2. The third-order valence-corrected chi connectivity index (χ3v) is 8.35. The predicted octanol–water partition coefficient (Wildman–Crippen LogP) is 4.58. The largest absolute Gasteiger partial charge is 0.493 e. The van der Waals surface area contributed by atoms with Crippen LogP contribution in [0.15, 0.2) is 82.2 Å². The number of benzene rings is 3. The molecule has 0 bridgehead atoms. The number of carbonyl (C=O) groups excluding carboxylic acids is 2. The van der Waals surface area contributed by atoms with E-state index in [1.165, 1.54) is 36.3 Å². The monoisotopic (exact) mass is 672 g/mol. The van der Waals surface area contributed by atoms with Crippen LogP contribution in [0.1, 0.15) is 53.9 Å². The molecular formula is C36H36N2O9S. The number of thiazole rings is 1. The molecule has 1 aliphatic rings. The molecule has 250 valence electrons. The minimum absolute atomic E-state index is 0.210. The molecule has 1 aromatic heterocycles. The SMILES string of the molecule is CCOC(=O)c1ccc(COc2ccc(/C=c3/sc4n(c3=O)[C@@H](c3ccc(OCC)c(OCC)c3)C(C(=O)OC)=CN=4)cc2OC)cc1. The van der Waals surface area contributed by atoms with Crippen LogP contribution in [0, 0.1) is 0 Å². The lowest BCUT2D eigenvalue weighted by Gasteiger charge is -2.23. The highest BCUT2D eigenvalue weighted by Crippen LogP contribution is 2.35. The van der Waals surface area contributed by atoms with Gasteiger partial charge in [0.05, 0.1) is 55.8 Å². The highest BCUT2D eigenvalue weighted by atomic mass is 32.1. The van der Waals surface area contributed by atoms with E-state index in [2.05, 4.69) is 4.99 Å². The molecule has 0 amide bonds. The van der Waals surface area contributed by atoms with Crippen molar-refractivity contribution in [3.8, 4) is 23.0 Å². The summed E-state index contributed by atoms with van der Waals surface area (Å²) < 4.78 is 35.2. The number of rotatable bonds is 13. The van der Waals surface area contributed by atoms with Crippen molar-refractivity contribution in [2.45, 2.75) is 33.4 Å². The number of carbonyl (C=O) groups is 2. The molecule has 0 saturated carbocycles. The van der Waals surface area contributed by atoms with Crippen LogP contribution in [0.5, 0.6) is 23.0 Å². The summed E-state index contributed by atoms with van der Waals surface area (Å²) in [6.45, 7) is 6.92. The van der Waals surface area contributed by atoms with Gasteiger partial charge >= 0.3 is 11.9 Å². The average molecular weight is 673 g/mol. The molecule has 0 saturated heterocycles. The fraction of sp³-hybridized carbons (Fsp3) is 0.278. The van der Waals surface area contributed by atoms with Crippen molar-refractivity contribution in [2.24, 2.45) is 4.99 Å². The number of fused-ring (bicyclic) bond motifs is 1. The van der Waals surface area contributed by atoms with Crippen LogP contribution in [0.4, 0.5) is 0 Å². The van der Waals surface area contributed by atoms with Gasteiger partial charge in [0, 0.05) is 6.20 Å². The summed E-state index contributed by atoms with van der Waals surface area (Å²) in [7, 11) is 2.83. The van der Waals surface area contributed by atoms with E-state index in [0.29, 0.717) is 68.8 Å². The van der Waals surface area contributed by atoms with Gasteiger partial charge in [0.2, 0.25) is 0 Å². The smallest absolute Gasteiger partial charge is 0.338 e. The summed E-state index contributed by atoms with van der Waals surface area (Å²) in [5.74, 6) is 1.08. The predicted molar refractivity (Wildman–Crippen MR) is 180 cm³/mol. The van der Waals surface area contributed by atoms with Gasteiger partial charge < -0.3 is 28.4 Å². The second kappa shape index (κ2) is 15.5. The molecule has 2 heterocycles. The van der Waals surface area contributed by atoms with Gasteiger partial charge in [-0.05, 0) is 79.9 Å². The zero-order valence-corrected chi connectivity index (χ0v) is 28.1. The molecule has 3 aromatic carbocycles.